The Kier molecular flexibility index (Phi) is 8.60. The van der Waals surface area contributed by atoms with Crippen LogP contribution >= 0.6 is 0 Å². The SMILES string of the molecule is CCCCOc1ccc(/C([O-])=C2\C(=O)C(=O)N(CC[NH+](CC)CC)C2c2cccnc2)cc1. The number of carbonyl (C=O) groups is 2. The van der Waals surface area contributed by atoms with Crippen molar-refractivity contribution in [3.8, 4) is 5.75 Å². The van der Waals surface area contributed by atoms with Crippen molar-refractivity contribution in [1.82, 2.24) is 9.88 Å². The molecule has 3 rings (SSSR count). The Labute approximate surface area is 195 Å². The van der Waals surface area contributed by atoms with E-state index in [1.54, 1.807) is 48.8 Å². The summed E-state index contributed by atoms with van der Waals surface area (Å²) in [5.74, 6) is -1.11. The van der Waals surface area contributed by atoms with E-state index in [0.717, 1.165) is 25.9 Å². The highest BCUT2D eigenvalue weighted by molar-refractivity contribution is 6.46. The molecule has 0 aliphatic carbocycles. The molecule has 176 valence electrons. The molecular formula is C26H33N3O4. The van der Waals surface area contributed by atoms with Gasteiger partial charge in [-0.2, -0.15) is 0 Å². The van der Waals surface area contributed by atoms with Gasteiger partial charge < -0.3 is 19.6 Å². The van der Waals surface area contributed by atoms with Gasteiger partial charge in [0.05, 0.1) is 38.8 Å². The summed E-state index contributed by atoms with van der Waals surface area (Å²) in [6, 6.07) is 9.58. The van der Waals surface area contributed by atoms with E-state index in [-0.39, 0.29) is 5.57 Å². The van der Waals surface area contributed by atoms with Gasteiger partial charge in [0.15, 0.2) is 0 Å². The van der Waals surface area contributed by atoms with E-state index in [4.69, 9.17) is 4.74 Å². The van der Waals surface area contributed by atoms with Gasteiger partial charge in [-0.25, -0.2) is 0 Å². The van der Waals surface area contributed by atoms with Crippen molar-refractivity contribution in [3.05, 3.63) is 65.5 Å². The second-order valence-electron chi connectivity index (χ2n) is 8.19. The van der Waals surface area contributed by atoms with Crippen LogP contribution < -0.4 is 14.7 Å². The summed E-state index contributed by atoms with van der Waals surface area (Å²) in [4.78, 5) is 33.0. The molecule has 1 amide bonds. The van der Waals surface area contributed by atoms with Crippen LogP contribution in [0.4, 0.5) is 0 Å². The lowest BCUT2D eigenvalue weighted by Gasteiger charge is -2.28. The van der Waals surface area contributed by atoms with Crippen LogP contribution in [-0.4, -0.2) is 54.4 Å². The third kappa shape index (κ3) is 5.60. The molecule has 1 unspecified atom stereocenters. The molecule has 1 fully saturated rings. The average Bonchev–Trinajstić information content (AvgIpc) is 3.10. The highest BCUT2D eigenvalue weighted by Crippen LogP contribution is 2.38. The van der Waals surface area contributed by atoms with Crippen LogP contribution in [0.1, 0.15) is 50.8 Å². The lowest BCUT2D eigenvalue weighted by atomic mass is 9.96. The molecule has 1 aliphatic rings. The third-order valence-electron chi connectivity index (χ3n) is 6.12. The number of hydrogen-bond donors (Lipinski definition) is 1. The molecule has 2 heterocycles. The maximum atomic E-state index is 13.5. The van der Waals surface area contributed by atoms with Gasteiger partial charge in [0.25, 0.3) is 5.91 Å². The van der Waals surface area contributed by atoms with Gasteiger partial charge in [-0.3, -0.25) is 14.6 Å². The Morgan fingerprint density at radius 1 is 1.12 bits per heavy atom. The number of likely N-dealkylation sites (tertiary alicyclic amines) is 1. The summed E-state index contributed by atoms with van der Waals surface area (Å²) >= 11 is 0. The molecule has 0 spiro atoms. The van der Waals surface area contributed by atoms with Gasteiger partial charge in [-0.15, -0.1) is 0 Å². The minimum Gasteiger partial charge on any atom is -0.872 e. The number of ketones is 1. The van der Waals surface area contributed by atoms with Crippen LogP contribution in [-0.2, 0) is 9.59 Å². The Balaban J connectivity index is 1.96. The molecule has 2 aromatic rings. The Bertz CT molecular complexity index is 969. The number of pyridine rings is 1. The highest BCUT2D eigenvalue weighted by Gasteiger charge is 2.44. The largest absolute Gasteiger partial charge is 0.872 e. The molecular weight excluding hydrogens is 418 g/mol. The number of quaternary nitrogens is 1. The van der Waals surface area contributed by atoms with Gasteiger partial charge in [-0.05, 0) is 49.6 Å². The number of carbonyl (C=O) groups excluding carboxylic acids is 2. The Hall–Kier alpha value is -3.19. The second-order valence-corrected chi connectivity index (χ2v) is 8.19. The standard InChI is InChI=1S/C26H33N3O4/c1-4-7-17-33-21-12-10-19(11-13-21)24(30)22-23(20-9-8-14-27-18-20)29(26(32)25(22)31)16-15-28(5-2)6-3/h8-14,18,23,30H,4-7,15-17H2,1-3H3/b24-22+. The van der Waals surface area contributed by atoms with Crippen molar-refractivity contribution in [2.24, 2.45) is 0 Å². The Morgan fingerprint density at radius 2 is 1.85 bits per heavy atom. The van der Waals surface area contributed by atoms with Gasteiger partial charge in [0, 0.05) is 18.0 Å². The fourth-order valence-corrected chi connectivity index (χ4v) is 4.06. The highest BCUT2D eigenvalue weighted by atomic mass is 16.5. The lowest BCUT2D eigenvalue weighted by Crippen LogP contribution is -3.12. The van der Waals surface area contributed by atoms with Gasteiger partial charge in [-0.1, -0.05) is 37.3 Å². The summed E-state index contributed by atoms with van der Waals surface area (Å²) in [5.41, 5.74) is 1.01. The molecule has 1 aromatic carbocycles. The normalized spacial score (nSPS) is 17.7. The number of aromatic nitrogens is 1. The fourth-order valence-electron chi connectivity index (χ4n) is 4.06. The molecule has 1 aliphatic heterocycles. The topological polar surface area (TPSA) is 87.0 Å². The van der Waals surface area contributed by atoms with Gasteiger partial charge >= 0.3 is 0 Å². The van der Waals surface area contributed by atoms with E-state index in [0.29, 0.717) is 36.6 Å². The summed E-state index contributed by atoms with van der Waals surface area (Å²) in [6.45, 7) is 9.82. The van der Waals surface area contributed by atoms with Crippen LogP contribution in [0.5, 0.6) is 5.75 Å². The van der Waals surface area contributed by atoms with E-state index in [9.17, 15) is 14.7 Å². The van der Waals surface area contributed by atoms with Gasteiger partial charge in [0.2, 0.25) is 5.78 Å². The molecule has 1 saturated heterocycles. The molecule has 0 radical (unpaired) electrons. The number of ether oxygens (including phenoxy) is 1. The molecule has 7 heteroatoms. The molecule has 7 nitrogen and oxygen atoms in total. The first-order valence-electron chi connectivity index (χ1n) is 11.7. The van der Waals surface area contributed by atoms with Crippen LogP contribution in [0.15, 0.2) is 54.4 Å². The number of amides is 1. The van der Waals surface area contributed by atoms with E-state index in [1.807, 2.05) is 0 Å². The van der Waals surface area contributed by atoms with Crippen molar-refractivity contribution in [1.29, 1.82) is 0 Å². The number of nitrogens with one attached hydrogen (secondary N) is 1. The second kappa shape index (κ2) is 11.6. The smallest absolute Gasteiger partial charge is 0.295 e. The van der Waals surface area contributed by atoms with Crippen LogP contribution in [0.3, 0.4) is 0 Å². The van der Waals surface area contributed by atoms with Crippen molar-refractivity contribution in [2.45, 2.75) is 39.7 Å². The predicted octanol–water partition coefficient (Wildman–Crippen LogP) is 1.41. The first-order chi connectivity index (χ1) is 16.0. The van der Waals surface area contributed by atoms with Gasteiger partial charge in [0.1, 0.15) is 5.75 Å². The summed E-state index contributed by atoms with van der Waals surface area (Å²) in [5, 5.41) is 13.5. The third-order valence-corrected chi connectivity index (χ3v) is 6.12. The zero-order valence-electron chi connectivity index (χ0n) is 19.7. The van der Waals surface area contributed by atoms with Crippen molar-refractivity contribution in [3.63, 3.8) is 0 Å². The molecule has 1 aromatic heterocycles. The summed E-state index contributed by atoms with van der Waals surface area (Å²) < 4.78 is 5.67. The summed E-state index contributed by atoms with van der Waals surface area (Å²) in [6.07, 6.45) is 5.23. The lowest BCUT2D eigenvalue weighted by molar-refractivity contribution is -0.895. The number of unbranched alkanes of at least 4 members (excludes halogenated alkanes) is 1. The maximum Gasteiger partial charge on any atom is 0.295 e. The molecule has 1 atom stereocenters. The minimum atomic E-state index is -0.735. The number of nitrogens with zero attached hydrogens (tertiary/aromatic N) is 2. The maximum absolute atomic E-state index is 13.5. The molecule has 0 saturated carbocycles. The number of rotatable bonds is 11. The zero-order chi connectivity index (χ0) is 23.8. The number of likely N-dealkylation sites (N-methyl/N-ethyl adjacent to an activating group) is 1. The van der Waals surface area contributed by atoms with E-state index in [2.05, 4.69) is 25.8 Å². The van der Waals surface area contributed by atoms with Crippen molar-refractivity contribution >= 4 is 17.4 Å². The predicted molar refractivity (Wildman–Crippen MR) is 124 cm³/mol. The molecule has 1 N–H and O–H groups in total. The van der Waals surface area contributed by atoms with Crippen LogP contribution in [0.25, 0.3) is 5.76 Å². The quantitative estimate of drug-likeness (QED) is 0.242. The number of benzene rings is 1. The fraction of sp³-hybridized carbons (Fsp3) is 0.423. The first-order valence-corrected chi connectivity index (χ1v) is 11.7. The monoisotopic (exact) mass is 451 g/mol. The molecule has 33 heavy (non-hydrogen) atoms. The molecule has 0 bridgehead atoms. The average molecular weight is 452 g/mol. The van der Waals surface area contributed by atoms with E-state index in [1.165, 1.54) is 9.80 Å². The Morgan fingerprint density at radius 3 is 2.45 bits per heavy atom. The van der Waals surface area contributed by atoms with E-state index >= 15 is 0 Å². The number of Topliss-reactive ketones (excluding diaryl/α,β-unsaturated/α-hetero) is 1. The minimum absolute atomic E-state index is 0.0119. The van der Waals surface area contributed by atoms with E-state index < -0.39 is 23.5 Å². The van der Waals surface area contributed by atoms with Crippen LogP contribution in [0.2, 0.25) is 0 Å². The summed E-state index contributed by atoms with van der Waals surface area (Å²) in [7, 11) is 0. The first kappa shape index (κ1) is 24.5. The van der Waals surface area contributed by atoms with Crippen molar-refractivity contribution in [2.75, 3.05) is 32.8 Å². The van der Waals surface area contributed by atoms with Crippen LogP contribution in [0, 0.1) is 0 Å². The number of hydrogen-bond acceptors (Lipinski definition) is 5. The zero-order valence-corrected chi connectivity index (χ0v) is 19.7. The van der Waals surface area contributed by atoms with Crippen molar-refractivity contribution < 1.29 is 24.3 Å².